The fourth-order valence-electron chi connectivity index (χ4n) is 2.32. The molecule has 2 rings (SSSR count). The third-order valence-electron chi connectivity index (χ3n) is 4.04. The maximum Gasteiger partial charge on any atom is 0.329 e. The summed E-state index contributed by atoms with van der Waals surface area (Å²) < 4.78 is 0. The van der Waals surface area contributed by atoms with Crippen molar-refractivity contribution in [3.8, 4) is 0 Å². The van der Waals surface area contributed by atoms with Crippen LogP contribution in [0.1, 0.15) is 37.8 Å². The molecule has 0 bridgehead atoms. The molecule has 1 fully saturated rings. The van der Waals surface area contributed by atoms with Crippen molar-refractivity contribution >= 4 is 18.0 Å². The van der Waals surface area contributed by atoms with Gasteiger partial charge < -0.3 is 10.4 Å². The predicted octanol–water partition coefficient (Wildman–Crippen LogP) is 2.63. The molecule has 21 heavy (non-hydrogen) atoms. The molecule has 4 heteroatoms. The quantitative estimate of drug-likeness (QED) is 0.790. The maximum atomic E-state index is 11.9. The van der Waals surface area contributed by atoms with E-state index in [2.05, 4.69) is 12.2 Å². The molecule has 4 nitrogen and oxygen atoms in total. The van der Waals surface area contributed by atoms with Crippen LogP contribution < -0.4 is 5.32 Å². The van der Waals surface area contributed by atoms with Crippen LogP contribution in [0.3, 0.4) is 0 Å². The Balaban J connectivity index is 1.99. The minimum absolute atomic E-state index is 0.0381. The Morgan fingerprint density at radius 2 is 1.95 bits per heavy atom. The molecule has 0 radical (unpaired) electrons. The predicted molar refractivity (Wildman–Crippen MR) is 81.8 cm³/mol. The molecular weight excluding hydrogens is 266 g/mol. The highest BCUT2D eigenvalue weighted by molar-refractivity contribution is 5.95. The van der Waals surface area contributed by atoms with Crippen LogP contribution in [-0.2, 0) is 16.0 Å². The van der Waals surface area contributed by atoms with Gasteiger partial charge in [-0.15, -0.1) is 0 Å². The second-order valence-corrected chi connectivity index (χ2v) is 5.70. The lowest BCUT2D eigenvalue weighted by Gasteiger charge is -2.25. The van der Waals surface area contributed by atoms with Crippen molar-refractivity contribution in [1.29, 1.82) is 0 Å². The monoisotopic (exact) mass is 287 g/mol. The minimum atomic E-state index is -1.16. The highest BCUT2D eigenvalue weighted by Crippen LogP contribution is 2.39. The van der Waals surface area contributed by atoms with Crippen LogP contribution in [-0.4, -0.2) is 22.5 Å². The highest BCUT2D eigenvalue weighted by Gasteiger charge is 2.48. The van der Waals surface area contributed by atoms with Crippen LogP contribution in [0.25, 0.3) is 6.08 Å². The van der Waals surface area contributed by atoms with Gasteiger partial charge in [-0.3, -0.25) is 4.79 Å². The Kier molecular flexibility index (Phi) is 4.46. The number of carboxylic acid groups (broad SMARTS) is 1. The lowest BCUT2D eigenvalue weighted by atomic mass is 9.96. The summed E-state index contributed by atoms with van der Waals surface area (Å²) in [5, 5.41) is 11.9. The molecular formula is C17H21NO3. The van der Waals surface area contributed by atoms with Crippen LogP contribution in [0, 0.1) is 5.92 Å². The van der Waals surface area contributed by atoms with E-state index in [9.17, 15) is 14.7 Å². The topological polar surface area (TPSA) is 66.4 Å². The zero-order valence-electron chi connectivity index (χ0n) is 12.4. The first kappa shape index (κ1) is 15.3. The second kappa shape index (κ2) is 6.12. The number of carbonyl (C=O) groups is 2. The number of carboxylic acids is 1. The van der Waals surface area contributed by atoms with Crippen LogP contribution in [0.5, 0.6) is 0 Å². The third-order valence-corrected chi connectivity index (χ3v) is 4.04. The molecule has 0 heterocycles. The van der Waals surface area contributed by atoms with Gasteiger partial charge in [0.1, 0.15) is 5.54 Å². The van der Waals surface area contributed by atoms with Crippen molar-refractivity contribution in [3.63, 3.8) is 0 Å². The Bertz CT molecular complexity index is 558. The van der Waals surface area contributed by atoms with Crippen LogP contribution in [0.15, 0.2) is 30.3 Å². The zero-order valence-corrected chi connectivity index (χ0v) is 12.4. The molecule has 1 unspecified atom stereocenters. The van der Waals surface area contributed by atoms with Gasteiger partial charge in [0.2, 0.25) is 5.91 Å². The largest absolute Gasteiger partial charge is 0.480 e. The van der Waals surface area contributed by atoms with E-state index in [-0.39, 0.29) is 11.8 Å². The maximum absolute atomic E-state index is 11.9. The van der Waals surface area contributed by atoms with Crippen molar-refractivity contribution in [2.75, 3.05) is 0 Å². The van der Waals surface area contributed by atoms with Gasteiger partial charge in [-0.2, -0.15) is 0 Å². The van der Waals surface area contributed by atoms with Crippen molar-refractivity contribution in [1.82, 2.24) is 5.32 Å². The van der Waals surface area contributed by atoms with E-state index >= 15 is 0 Å². The smallest absolute Gasteiger partial charge is 0.329 e. The first-order valence-corrected chi connectivity index (χ1v) is 7.28. The van der Waals surface area contributed by atoms with E-state index < -0.39 is 11.5 Å². The Labute approximate surface area is 124 Å². The van der Waals surface area contributed by atoms with E-state index in [1.54, 1.807) is 13.0 Å². The normalized spacial score (nSPS) is 17.4. The fourth-order valence-corrected chi connectivity index (χ4v) is 2.32. The van der Waals surface area contributed by atoms with Gasteiger partial charge in [0.25, 0.3) is 0 Å². The SMILES string of the molecule is CCc1ccc(/C=C/C(=O)NC(C)(C(=O)O)C2CC2)cc1. The molecule has 112 valence electrons. The summed E-state index contributed by atoms with van der Waals surface area (Å²) in [6.45, 7) is 3.66. The summed E-state index contributed by atoms with van der Waals surface area (Å²) >= 11 is 0. The summed E-state index contributed by atoms with van der Waals surface area (Å²) in [6.07, 6.45) is 5.77. The van der Waals surface area contributed by atoms with Crippen LogP contribution >= 0.6 is 0 Å². The summed E-state index contributed by atoms with van der Waals surface area (Å²) in [6, 6.07) is 7.92. The van der Waals surface area contributed by atoms with E-state index in [0.717, 1.165) is 24.8 Å². The number of nitrogens with one attached hydrogen (secondary N) is 1. The summed E-state index contributed by atoms with van der Waals surface area (Å²) in [7, 11) is 0. The number of carbonyl (C=O) groups excluding carboxylic acids is 1. The van der Waals surface area contributed by atoms with Gasteiger partial charge in [0.05, 0.1) is 0 Å². The fraction of sp³-hybridized carbons (Fsp3) is 0.412. The average Bonchev–Trinajstić information content (AvgIpc) is 3.30. The molecule has 1 aliphatic rings. The highest BCUT2D eigenvalue weighted by atomic mass is 16.4. The molecule has 1 aromatic rings. The number of amides is 1. The van der Waals surface area contributed by atoms with Crippen molar-refractivity contribution in [2.24, 2.45) is 5.92 Å². The standard InChI is InChI=1S/C17H21NO3/c1-3-12-4-6-13(7-5-12)8-11-15(19)18-17(2,16(20)21)14-9-10-14/h4-8,11,14H,3,9-10H2,1-2H3,(H,18,19)(H,20,21)/b11-8+. The molecule has 2 N–H and O–H groups in total. The molecule has 1 aromatic carbocycles. The summed E-state index contributed by atoms with van der Waals surface area (Å²) in [4.78, 5) is 23.3. The van der Waals surface area contributed by atoms with E-state index in [4.69, 9.17) is 0 Å². The van der Waals surface area contributed by atoms with Crippen molar-refractivity contribution in [3.05, 3.63) is 41.5 Å². The molecule has 1 aliphatic carbocycles. The Hall–Kier alpha value is -2.10. The Morgan fingerprint density at radius 3 is 2.43 bits per heavy atom. The molecule has 1 amide bonds. The minimum Gasteiger partial charge on any atom is -0.480 e. The van der Waals surface area contributed by atoms with Gasteiger partial charge in [0, 0.05) is 6.08 Å². The van der Waals surface area contributed by atoms with E-state index in [0.29, 0.717) is 0 Å². The van der Waals surface area contributed by atoms with E-state index in [1.165, 1.54) is 11.6 Å². The zero-order chi connectivity index (χ0) is 15.5. The van der Waals surface area contributed by atoms with Gasteiger partial charge >= 0.3 is 5.97 Å². The van der Waals surface area contributed by atoms with Gasteiger partial charge in [0.15, 0.2) is 0 Å². The number of benzene rings is 1. The first-order valence-electron chi connectivity index (χ1n) is 7.28. The van der Waals surface area contributed by atoms with E-state index in [1.807, 2.05) is 24.3 Å². The number of hydrogen-bond acceptors (Lipinski definition) is 2. The van der Waals surface area contributed by atoms with Crippen molar-refractivity contribution in [2.45, 2.75) is 38.6 Å². The molecule has 0 aliphatic heterocycles. The Morgan fingerprint density at radius 1 is 1.33 bits per heavy atom. The average molecular weight is 287 g/mol. The second-order valence-electron chi connectivity index (χ2n) is 5.70. The van der Waals surface area contributed by atoms with Gasteiger partial charge in [-0.25, -0.2) is 4.79 Å². The number of aliphatic carboxylic acids is 1. The van der Waals surface area contributed by atoms with Gasteiger partial charge in [-0.1, -0.05) is 31.2 Å². The molecule has 1 saturated carbocycles. The van der Waals surface area contributed by atoms with Crippen LogP contribution in [0.4, 0.5) is 0 Å². The molecule has 0 saturated heterocycles. The van der Waals surface area contributed by atoms with Gasteiger partial charge in [-0.05, 0) is 49.3 Å². The number of aryl methyl sites for hydroxylation is 1. The summed E-state index contributed by atoms with van der Waals surface area (Å²) in [5.74, 6) is -1.30. The lowest BCUT2D eigenvalue weighted by molar-refractivity contribution is -0.147. The molecule has 0 aromatic heterocycles. The third kappa shape index (κ3) is 3.72. The lowest BCUT2D eigenvalue weighted by Crippen LogP contribution is -2.53. The summed E-state index contributed by atoms with van der Waals surface area (Å²) in [5.41, 5.74) is 1.00. The molecule has 1 atom stereocenters. The molecule has 0 spiro atoms. The van der Waals surface area contributed by atoms with Crippen LogP contribution in [0.2, 0.25) is 0 Å². The van der Waals surface area contributed by atoms with Crippen molar-refractivity contribution < 1.29 is 14.7 Å². The first-order chi connectivity index (χ1) is 9.95. The number of rotatable bonds is 6. The number of hydrogen-bond donors (Lipinski definition) is 2.